The second-order valence-corrected chi connectivity index (χ2v) is 13.2. The van der Waals surface area contributed by atoms with Crippen molar-refractivity contribution < 1.29 is 24.2 Å². The van der Waals surface area contributed by atoms with Gasteiger partial charge in [0, 0.05) is 5.41 Å². The number of carboxylic acids is 1. The predicted octanol–water partition coefficient (Wildman–Crippen LogP) is 5.71. The maximum Gasteiger partial charge on any atom is 0.309 e. The Morgan fingerprint density at radius 3 is 2.38 bits per heavy atom. The molecule has 0 unspecified atom stereocenters. The summed E-state index contributed by atoms with van der Waals surface area (Å²) >= 11 is 0. The summed E-state index contributed by atoms with van der Waals surface area (Å²) in [7, 11) is 1.60. The van der Waals surface area contributed by atoms with E-state index in [-0.39, 0.29) is 46.8 Å². The molecule has 1 aromatic carbocycles. The molecule has 5 aliphatic carbocycles. The molecule has 37 heavy (non-hydrogen) atoms. The lowest BCUT2D eigenvalue weighted by atomic mass is 9.34. The maximum atomic E-state index is 14.3. The first kappa shape index (κ1) is 24.7. The Bertz CT molecular complexity index is 1200. The van der Waals surface area contributed by atoms with Gasteiger partial charge >= 0.3 is 5.97 Å². The van der Waals surface area contributed by atoms with Crippen molar-refractivity contribution in [1.82, 2.24) is 0 Å². The zero-order valence-corrected chi connectivity index (χ0v) is 22.6. The highest BCUT2D eigenvalue weighted by Crippen LogP contribution is 2.74. The number of carbonyl (C=O) groups is 3. The zero-order valence-electron chi connectivity index (χ0n) is 22.6. The molecule has 1 saturated heterocycles. The summed E-state index contributed by atoms with van der Waals surface area (Å²) in [5.74, 6) is -0.213. The van der Waals surface area contributed by atoms with Crippen molar-refractivity contribution in [1.29, 1.82) is 0 Å². The number of aliphatic carboxylic acids is 1. The minimum atomic E-state index is -0.736. The molecule has 3 saturated carbocycles. The van der Waals surface area contributed by atoms with Crippen LogP contribution >= 0.6 is 0 Å². The van der Waals surface area contributed by atoms with E-state index in [2.05, 4.69) is 26.8 Å². The van der Waals surface area contributed by atoms with Crippen LogP contribution in [-0.2, 0) is 14.4 Å². The number of rotatable bonds is 4. The first-order valence-electron chi connectivity index (χ1n) is 14.0. The quantitative estimate of drug-likeness (QED) is 0.419. The fourth-order valence-corrected chi connectivity index (χ4v) is 9.94. The Hall–Kier alpha value is -2.63. The summed E-state index contributed by atoms with van der Waals surface area (Å²) in [5.41, 5.74) is 0.645. The van der Waals surface area contributed by atoms with Crippen LogP contribution in [0.5, 0.6) is 5.75 Å². The topological polar surface area (TPSA) is 83.9 Å². The molecule has 6 heteroatoms. The second kappa shape index (κ2) is 7.94. The number of imide groups is 1. The Labute approximate surface area is 219 Å². The molecule has 8 atom stereocenters. The van der Waals surface area contributed by atoms with Crippen molar-refractivity contribution in [2.45, 2.75) is 66.2 Å². The normalized spacial score (nSPS) is 42.3. The van der Waals surface area contributed by atoms with Crippen LogP contribution in [0.1, 0.15) is 66.2 Å². The third-order valence-corrected chi connectivity index (χ3v) is 11.5. The molecule has 198 valence electrons. The van der Waals surface area contributed by atoms with E-state index < -0.39 is 16.8 Å². The van der Waals surface area contributed by atoms with E-state index in [1.807, 2.05) is 6.92 Å². The number of benzene rings is 1. The summed E-state index contributed by atoms with van der Waals surface area (Å²) in [6.45, 7) is 8.66. The Morgan fingerprint density at radius 2 is 1.76 bits per heavy atom. The summed E-state index contributed by atoms with van der Waals surface area (Å²) in [6, 6.07) is 7.20. The number of methoxy groups -OCH3 is 1. The lowest BCUT2D eigenvalue weighted by molar-refractivity contribution is -0.194. The minimum Gasteiger partial charge on any atom is -0.497 e. The molecule has 6 aliphatic rings. The second-order valence-electron chi connectivity index (χ2n) is 13.2. The van der Waals surface area contributed by atoms with E-state index in [9.17, 15) is 19.5 Å². The van der Waals surface area contributed by atoms with Gasteiger partial charge in [0.1, 0.15) is 5.75 Å². The van der Waals surface area contributed by atoms with E-state index >= 15 is 0 Å². The molecule has 7 rings (SSSR count). The predicted molar refractivity (Wildman–Crippen MR) is 140 cm³/mol. The van der Waals surface area contributed by atoms with Crippen LogP contribution in [0.3, 0.4) is 0 Å². The number of fused-ring (bicyclic) bond motifs is 1. The highest BCUT2D eigenvalue weighted by atomic mass is 16.5. The van der Waals surface area contributed by atoms with Crippen LogP contribution in [-0.4, -0.2) is 30.0 Å². The number of hydrogen-bond donors (Lipinski definition) is 1. The number of nitrogens with zero attached hydrogens (tertiary/aromatic N) is 1. The average Bonchev–Trinajstić information content (AvgIpc) is 3.15. The van der Waals surface area contributed by atoms with E-state index in [1.54, 1.807) is 31.4 Å². The van der Waals surface area contributed by atoms with Gasteiger partial charge in [0.05, 0.1) is 30.0 Å². The summed E-state index contributed by atoms with van der Waals surface area (Å²) in [5, 5.41) is 10.3. The third-order valence-electron chi connectivity index (χ3n) is 11.5. The van der Waals surface area contributed by atoms with Gasteiger partial charge < -0.3 is 9.84 Å². The summed E-state index contributed by atoms with van der Waals surface area (Å²) in [6.07, 6.45) is 7.47. The van der Waals surface area contributed by atoms with Gasteiger partial charge in [0.25, 0.3) is 0 Å². The number of allylic oxidation sites excluding steroid dienone is 2. The van der Waals surface area contributed by atoms with E-state index in [0.717, 1.165) is 32.1 Å². The van der Waals surface area contributed by atoms with Gasteiger partial charge in [0.2, 0.25) is 11.8 Å². The summed E-state index contributed by atoms with van der Waals surface area (Å²) < 4.78 is 5.29. The van der Waals surface area contributed by atoms with Crippen LogP contribution in [0.25, 0.3) is 0 Å². The molecular formula is C31H39NO5. The van der Waals surface area contributed by atoms with E-state index in [0.29, 0.717) is 23.8 Å². The van der Waals surface area contributed by atoms with Crippen molar-refractivity contribution in [2.24, 2.45) is 51.8 Å². The molecule has 2 bridgehead atoms. The monoisotopic (exact) mass is 505 g/mol. The molecule has 1 aliphatic heterocycles. The molecular weight excluding hydrogens is 466 g/mol. The van der Waals surface area contributed by atoms with Crippen molar-refractivity contribution >= 4 is 23.5 Å². The van der Waals surface area contributed by atoms with Crippen LogP contribution in [0.15, 0.2) is 35.9 Å². The van der Waals surface area contributed by atoms with Gasteiger partial charge in [0.15, 0.2) is 0 Å². The van der Waals surface area contributed by atoms with E-state index in [1.165, 1.54) is 10.5 Å². The first-order valence-corrected chi connectivity index (χ1v) is 14.0. The van der Waals surface area contributed by atoms with Gasteiger partial charge in [-0.15, -0.1) is 0 Å². The Balaban J connectivity index is 1.47. The molecule has 1 N–H and O–H groups in total. The van der Waals surface area contributed by atoms with Crippen LogP contribution < -0.4 is 9.64 Å². The summed E-state index contributed by atoms with van der Waals surface area (Å²) in [4.78, 5) is 42.3. The lowest BCUT2D eigenvalue weighted by Gasteiger charge is -2.68. The van der Waals surface area contributed by atoms with Crippen molar-refractivity contribution in [3.63, 3.8) is 0 Å². The van der Waals surface area contributed by atoms with Crippen LogP contribution in [0.2, 0.25) is 0 Å². The largest absolute Gasteiger partial charge is 0.497 e. The smallest absolute Gasteiger partial charge is 0.309 e. The Kier molecular flexibility index (Phi) is 5.30. The van der Waals surface area contributed by atoms with Gasteiger partial charge in [-0.3, -0.25) is 19.3 Å². The fraction of sp³-hybridized carbons (Fsp3) is 0.645. The number of carboxylic acid groups (broad SMARTS) is 1. The van der Waals surface area contributed by atoms with Gasteiger partial charge in [-0.1, -0.05) is 38.8 Å². The lowest BCUT2D eigenvalue weighted by Crippen LogP contribution is -2.65. The minimum absolute atomic E-state index is 0.0326. The number of ether oxygens (including phenoxy) is 1. The van der Waals surface area contributed by atoms with Crippen molar-refractivity contribution in [3.05, 3.63) is 35.9 Å². The molecule has 1 spiro atoms. The molecule has 6 nitrogen and oxygen atoms in total. The highest BCUT2D eigenvalue weighted by Gasteiger charge is 2.73. The molecule has 1 heterocycles. The highest BCUT2D eigenvalue weighted by molar-refractivity contribution is 6.23. The molecule has 2 amide bonds. The number of anilines is 1. The molecule has 0 aromatic heterocycles. The molecule has 0 radical (unpaired) electrons. The van der Waals surface area contributed by atoms with Gasteiger partial charge in [-0.25, -0.2) is 0 Å². The maximum absolute atomic E-state index is 14.3. The molecule has 4 fully saturated rings. The number of amides is 2. The third kappa shape index (κ3) is 3.01. The van der Waals surface area contributed by atoms with Crippen LogP contribution in [0, 0.1) is 51.8 Å². The van der Waals surface area contributed by atoms with Crippen molar-refractivity contribution in [2.75, 3.05) is 12.0 Å². The SMILES string of the molecule is COc1ccc(N2C(=O)[C@@H]3[C@@H](C2=O)[C@@]24C=C(C(C)C)[C@@H]3C[C@H]2[C@@]2(C)CCC[C@@](C)(C(=O)O)[C@H]2CC4)cc1. The average molecular weight is 506 g/mol. The standard InChI is InChI=1S/C31H39NO5/c1-17(2)21-16-31-14-11-22-29(3,12-6-13-30(22,4)28(35)36)23(31)15-20(21)24-25(31)27(34)32(26(24)33)18-7-9-19(37-5)10-8-18/h7-10,16-17,20,22-25H,6,11-15H2,1-5H3,(H,35,36)/t20-,22-,23-,24-,25-,29-,30+,31-/m0/s1. The molecule has 1 aromatic rings. The van der Waals surface area contributed by atoms with Gasteiger partial charge in [-0.05, 0) is 92.4 Å². The number of carbonyl (C=O) groups excluding carboxylic acids is 2. The fourth-order valence-electron chi connectivity index (χ4n) is 9.94. The first-order chi connectivity index (χ1) is 17.5. The van der Waals surface area contributed by atoms with Crippen molar-refractivity contribution in [3.8, 4) is 5.75 Å². The zero-order chi connectivity index (χ0) is 26.5. The van der Waals surface area contributed by atoms with Crippen LogP contribution in [0.4, 0.5) is 5.69 Å². The Morgan fingerprint density at radius 1 is 1.05 bits per heavy atom. The number of hydrogen-bond acceptors (Lipinski definition) is 4. The van der Waals surface area contributed by atoms with E-state index in [4.69, 9.17) is 4.74 Å². The van der Waals surface area contributed by atoms with Gasteiger partial charge in [-0.2, -0.15) is 0 Å².